The number of nitrogens with zero attached hydrogens (tertiary/aromatic N) is 7. The van der Waals surface area contributed by atoms with Crippen molar-refractivity contribution in [1.29, 1.82) is 0 Å². The first-order valence-electron chi connectivity index (χ1n) is 21.1. The lowest BCUT2D eigenvalue weighted by Crippen LogP contribution is -2.45. The predicted octanol–water partition coefficient (Wildman–Crippen LogP) is 6.77. The van der Waals surface area contributed by atoms with Gasteiger partial charge in [-0.3, -0.25) is 9.69 Å². The third kappa shape index (κ3) is 12.0. The van der Waals surface area contributed by atoms with Crippen LogP contribution in [0.3, 0.4) is 0 Å². The molecule has 4 saturated heterocycles. The van der Waals surface area contributed by atoms with E-state index in [4.69, 9.17) is 42.9 Å². The summed E-state index contributed by atoms with van der Waals surface area (Å²) in [6.45, 7) is 12.7. The standard InChI is InChI=1S/C22H27ClN4O4.C13H18N4O3.C9H9ClO2/c1-2-31-19-13-16(3-4-17(19)23)14-25-10-6-22(15-25)7-11-26(12-8-22)21(30)27-9-5-18(24-27)20(28)29;18-11(19)10-1-6-17(15-10)12(20)16-7-3-13(4-8-16)2-5-14-9-13;1-2-12-9-5-7(6-11)3-4-8(9)10/h3-5,9,13H,2,6-8,10-12,14-15H2,1H3,(H,28,29);1,6,14H,2-5,7-9H2,(H,18,19);3-6H,2H2,1H3. The first-order valence-corrected chi connectivity index (χ1v) is 21.9. The molecule has 0 bridgehead atoms. The summed E-state index contributed by atoms with van der Waals surface area (Å²) in [5.41, 5.74) is 2.11. The second kappa shape index (κ2) is 21.3. The zero-order valence-electron chi connectivity index (χ0n) is 35.5. The number of hydrogen-bond acceptors (Lipinski definition) is 11. The molecular formula is C44H54Cl2N8O9. The summed E-state index contributed by atoms with van der Waals surface area (Å²) in [7, 11) is 0. The average Bonchev–Trinajstić information content (AvgIpc) is 4.13. The summed E-state index contributed by atoms with van der Waals surface area (Å²) in [5, 5.41) is 30.0. The van der Waals surface area contributed by atoms with Gasteiger partial charge in [-0.2, -0.15) is 19.6 Å². The van der Waals surface area contributed by atoms with E-state index in [1.165, 1.54) is 36.5 Å². The Morgan fingerprint density at radius 1 is 0.714 bits per heavy atom. The minimum absolute atomic E-state index is 0.105. The molecule has 2 spiro atoms. The summed E-state index contributed by atoms with van der Waals surface area (Å²) >= 11 is 12.0. The van der Waals surface area contributed by atoms with Gasteiger partial charge in [0, 0.05) is 63.8 Å². The van der Waals surface area contributed by atoms with E-state index in [0.29, 0.717) is 66.2 Å². The second-order valence-electron chi connectivity index (χ2n) is 16.3. The highest BCUT2D eigenvalue weighted by Gasteiger charge is 2.42. The fourth-order valence-corrected chi connectivity index (χ4v) is 8.89. The Bertz CT molecular complexity index is 2240. The Morgan fingerprint density at radius 3 is 1.70 bits per heavy atom. The molecule has 4 aliphatic rings. The van der Waals surface area contributed by atoms with Crippen LogP contribution in [-0.2, 0) is 6.54 Å². The molecule has 3 N–H and O–H groups in total. The Kier molecular flexibility index (Phi) is 15.9. The number of piperidine rings is 2. The Labute approximate surface area is 375 Å². The third-order valence-electron chi connectivity index (χ3n) is 12.1. The normalized spacial score (nSPS) is 17.7. The van der Waals surface area contributed by atoms with Crippen LogP contribution >= 0.6 is 23.2 Å². The number of benzene rings is 2. The average molecular weight is 910 g/mol. The Hall–Kier alpha value is -5.49. The van der Waals surface area contributed by atoms with Gasteiger partial charge >= 0.3 is 24.0 Å². The van der Waals surface area contributed by atoms with Crippen molar-refractivity contribution in [2.24, 2.45) is 10.8 Å². The molecule has 63 heavy (non-hydrogen) atoms. The fourth-order valence-electron chi connectivity index (χ4n) is 8.55. The van der Waals surface area contributed by atoms with E-state index < -0.39 is 11.9 Å². The van der Waals surface area contributed by atoms with Crippen molar-refractivity contribution in [2.45, 2.75) is 58.9 Å². The number of aromatic carboxylic acids is 2. The molecule has 6 heterocycles. The number of carboxylic acid groups (broad SMARTS) is 2. The van der Waals surface area contributed by atoms with Crippen LogP contribution in [0, 0.1) is 10.8 Å². The molecule has 0 saturated carbocycles. The van der Waals surface area contributed by atoms with Crippen LogP contribution in [0.1, 0.15) is 89.3 Å². The van der Waals surface area contributed by atoms with Crippen molar-refractivity contribution in [3.8, 4) is 11.5 Å². The molecule has 0 unspecified atom stereocenters. The van der Waals surface area contributed by atoms with Gasteiger partial charge in [0.1, 0.15) is 17.8 Å². The minimum Gasteiger partial charge on any atom is -0.492 e. The number of carbonyl (C=O) groups excluding carboxylic acids is 3. The molecule has 4 aromatic rings. The highest BCUT2D eigenvalue weighted by molar-refractivity contribution is 6.32. The molecule has 4 aliphatic heterocycles. The number of aldehydes is 1. The van der Waals surface area contributed by atoms with Crippen LogP contribution in [0.15, 0.2) is 60.9 Å². The number of carbonyl (C=O) groups is 5. The smallest absolute Gasteiger partial charge is 0.356 e. The van der Waals surface area contributed by atoms with E-state index in [1.54, 1.807) is 28.0 Å². The van der Waals surface area contributed by atoms with Gasteiger partial charge in [-0.1, -0.05) is 29.3 Å². The summed E-state index contributed by atoms with van der Waals surface area (Å²) in [6, 6.07) is 13.1. The van der Waals surface area contributed by atoms with E-state index in [9.17, 15) is 24.0 Å². The maximum atomic E-state index is 12.7. The number of halogens is 2. The molecule has 17 nitrogen and oxygen atoms in total. The van der Waals surface area contributed by atoms with Gasteiger partial charge in [0.05, 0.1) is 23.3 Å². The number of rotatable bonds is 9. The quantitative estimate of drug-likeness (QED) is 0.149. The van der Waals surface area contributed by atoms with Gasteiger partial charge in [-0.15, -0.1) is 0 Å². The van der Waals surface area contributed by atoms with E-state index in [2.05, 4.69) is 20.4 Å². The minimum atomic E-state index is -1.13. The van der Waals surface area contributed by atoms with Crippen molar-refractivity contribution in [3.63, 3.8) is 0 Å². The number of carboxylic acids is 2. The first-order chi connectivity index (χ1) is 30.3. The zero-order chi connectivity index (χ0) is 45.1. The van der Waals surface area contributed by atoms with Crippen molar-refractivity contribution in [2.75, 3.05) is 65.6 Å². The second-order valence-corrected chi connectivity index (χ2v) is 17.1. The van der Waals surface area contributed by atoms with Crippen molar-refractivity contribution < 1.29 is 43.7 Å². The molecule has 2 aromatic heterocycles. The summed E-state index contributed by atoms with van der Waals surface area (Å²) < 4.78 is 13.0. The monoisotopic (exact) mass is 908 g/mol. The number of amides is 2. The van der Waals surface area contributed by atoms with E-state index in [0.717, 1.165) is 86.2 Å². The molecule has 4 fully saturated rings. The Balaban J connectivity index is 0.000000176. The van der Waals surface area contributed by atoms with Crippen molar-refractivity contribution in [3.05, 3.63) is 93.5 Å². The van der Waals surface area contributed by atoms with Gasteiger partial charge in [-0.05, 0) is 124 Å². The van der Waals surface area contributed by atoms with Gasteiger partial charge in [-0.25, -0.2) is 19.2 Å². The largest absolute Gasteiger partial charge is 0.492 e. The predicted molar refractivity (Wildman–Crippen MR) is 234 cm³/mol. The van der Waals surface area contributed by atoms with Crippen molar-refractivity contribution in [1.82, 2.24) is 39.6 Å². The molecule has 2 amide bonds. The maximum absolute atomic E-state index is 12.7. The molecule has 338 valence electrons. The number of ether oxygens (including phenoxy) is 2. The lowest BCUT2D eigenvalue weighted by Gasteiger charge is -2.39. The molecular weight excluding hydrogens is 855 g/mol. The molecule has 2 aromatic carbocycles. The van der Waals surface area contributed by atoms with Crippen LogP contribution in [0.5, 0.6) is 11.5 Å². The fraction of sp³-hybridized carbons (Fsp3) is 0.477. The molecule has 8 rings (SSSR count). The van der Waals surface area contributed by atoms with Crippen molar-refractivity contribution >= 4 is 53.5 Å². The van der Waals surface area contributed by atoms with Crippen LogP contribution < -0.4 is 14.8 Å². The lowest BCUT2D eigenvalue weighted by molar-refractivity contribution is 0.0678. The SMILES string of the molecule is CCOc1cc(C=O)ccc1Cl.CCOc1cc(CN2CCC3(CCN(C(=O)n4ccc(C(=O)O)n4)CC3)C2)ccc1Cl.O=C(O)c1ccn(C(=O)N2CCC3(CCNC3)CC2)n1. The molecule has 0 aliphatic carbocycles. The van der Waals surface area contributed by atoms with Gasteiger partial charge in [0.25, 0.3) is 0 Å². The third-order valence-corrected chi connectivity index (χ3v) is 12.8. The lowest BCUT2D eigenvalue weighted by atomic mass is 9.78. The first kappa shape index (κ1) is 47.0. The molecule has 0 atom stereocenters. The summed E-state index contributed by atoms with van der Waals surface area (Å²) in [6.07, 6.45) is 9.76. The van der Waals surface area contributed by atoms with E-state index in [1.807, 2.05) is 32.0 Å². The van der Waals surface area contributed by atoms with Gasteiger partial charge < -0.3 is 34.8 Å². The van der Waals surface area contributed by atoms with Crippen LogP contribution in [0.25, 0.3) is 0 Å². The highest BCUT2D eigenvalue weighted by atomic mass is 35.5. The number of likely N-dealkylation sites (tertiary alicyclic amines) is 3. The number of nitrogens with one attached hydrogen (secondary N) is 1. The number of hydrogen-bond donors (Lipinski definition) is 3. The summed E-state index contributed by atoms with van der Waals surface area (Å²) in [4.78, 5) is 63.0. The highest BCUT2D eigenvalue weighted by Crippen LogP contribution is 2.41. The molecule has 19 heteroatoms. The zero-order valence-corrected chi connectivity index (χ0v) is 37.0. The van der Waals surface area contributed by atoms with Crippen LogP contribution in [-0.4, -0.2) is 140 Å². The van der Waals surface area contributed by atoms with Gasteiger partial charge in [0.15, 0.2) is 11.4 Å². The van der Waals surface area contributed by atoms with Crippen LogP contribution in [0.4, 0.5) is 9.59 Å². The number of aromatic nitrogens is 4. The summed E-state index contributed by atoms with van der Waals surface area (Å²) in [5.74, 6) is -0.966. The maximum Gasteiger partial charge on any atom is 0.356 e. The van der Waals surface area contributed by atoms with E-state index >= 15 is 0 Å². The van der Waals surface area contributed by atoms with Crippen LogP contribution in [0.2, 0.25) is 10.0 Å². The van der Waals surface area contributed by atoms with Gasteiger partial charge in [0.2, 0.25) is 0 Å². The van der Waals surface area contributed by atoms with E-state index in [-0.39, 0.29) is 28.9 Å². The topological polar surface area (TPSA) is 202 Å². The molecule has 0 radical (unpaired) electrons. The Morgan fingerprint density at radius 2 is 1.22 bits per heavy atom.